The van der Waals surface area contributed by atoms with Gasteiger partial charge in [0.2, 0.25) is 0 Å². The molecule has 1 amide bonds. The van der Waals surface area contributed by atoms with Gasteiger partial charge in [0.25, 0.3) is 0 Å². The predicted octanol–water partition coefficient (Wildman–Crippen LogP) is 2.75. The Kier molecular flexibility index (Phi) is 4.76. The second-order valence-electron chi connectivity index (χ2n) is 7.92. The van der Waals surface area contributed by atoms with E-state index in [0.717, 1.165) is 0 Å². The van der Waals surface area contributed by atoms with Crippen LogP contribution in [0.2, 0.25) is 0 Å². The van der Waals surface area contributed by atoms with Crippen molar-refractivity contribution in [2.45, 2.75) is 60.0 Å². The quantitative estimate of drug-likeness (QED) is 0.768. The lowest BCUT2D eigenvalue weighted by Gasteiger charge is -2.42. The molecule has 120 valence electrons. The number of ether oxygens (including phenoxy) is 1. The number of hydrogen-bond donors (Lipinski definition) is 2. The number of nitrogens with two attached hydrogens (primary N) is 1. The molecule has 0 spiro atoms. The van der Waals surface area contributed by atoms with Crippen LogP contribution in [0.3, 0.4) is 0 Å². The lowest BCUT2D eigenvalue weighted by Crippen LogP contribution is -2.46. The number of ketones is 1. The van der Waals surface area contributed by atoms with Crippen LogP contribution in [0.5, 0.6) is 0 Å². The molecule has 0 heterocycles. The van der Waals surface area contributed by atoms with Gasteiger partial charge in [-0.25, -0.2) is 4.79 Å². The fraction of sp³-hybridized carbons (Fsp3) is 0.750. The number of alkyl carbamates (subject to hydrolysis) is 1. The molecule has 1 fully saturated rings. The van der Waals surface area contributed by atoms with Gasteiger partial charge in [0.15, 0.2) is 5.78 Å². The Morgan fingerprint density at radius 2 is 1.95 bits per heavy atom. The van der Waals surface area contributed by atoms with Gasteiger partial charge < -0.3 is 15.8 Å². The molecule has 0 aliphatic heterocycles. The molecule has 1 rings (SSSR count). The fourth-order valence-corrected chi connectivity index (χ4v) is 3.04. The van der Waals surface area contributed by atoms with Gasteiger partial charge in [-0.3, -0.25) is 4.79 Å². The summed E-state index contributed by atoms with van der Waals surface area (Å²) in [6, 6.07) is 0. The van der Waals surface area contributed by atoms with Gasteiger partial charge in [0.1, 0.15) is 5.60 Å². The number of Topliss-reactive ketones (excluding diaryl/α,β-unsaturated/α-hetero) is 1. The highest BCUT2D eigenvalue weighted by Crippen LogP contribution is 2.45. The summed E-state index contributed by atoms with van der Waals surface area (Å²) >= 11 is 0. The van der Waals surface area contributed by atoms with E-state index in [-0.39, 0.29) is 11.2 Å². The van der Waals surface area contributed by atoms with Crippen molar-refractivity contribution in [3.63, 3.8) is 0 Å². The summed E-state index contributed by atoms with van der Waals surface area (Å²) in [5.41, 5.74) is 5.03. The first kappa shape index (κ1) is 17.5. The summed E-state index contributed by atoms with van der Waals surface area (Å²) in [6.07, 6.45) is 2.24. The number of carbonyl (C=O) groups excluding carboxylic acids is 2. The Bertz CT molecular complexity index is 461. The van der Waals surface area contributed by atoms with Crippen LogP contribution in [0, 0.1) is 10.8 Å². The molecule has 5 heteroatoms. The maximum absolute atomic E-state index is 12.2. The summed E-state index contributed by atoms with van der Waals surface area (Å²) in [7, 11) is 0. The van der Waals surface area contributed by atoms with E-state index in [1.54, 1.807) is 0 Å². The maximum atomic E-state index is 12.2. The highest BCUT2D eigenvalue weighted by molar-refractivity contribution is 6.00. The molecule has 0 aromatic rings. The minimum atomic E-state index is -0.519. The van der Waals surface area contributed by atoms with Gasteiger partial charge >= 0.3 is 6.09 Å². The minimum absolute atomic E-state index is 0.0970. The van der Waals surface area contributed by atoms with Crippen molar-refractivity contribution >= 4 is 11.9 Å². The predicted molar refractivity (Wildman–Crippen MR) is 82.6 cm³/mol. The van der Waals surface area contributed by atoms with Crippen LogP contribution in [0.15, 0.2) is 11.8 Å². The van der Waals surface area contributed by atoms with Crippen LogP contribution in [-0.4, -0.2) is 24.0 Å². The molecule has 1 unspecified atom stereocenters. The smallest absolute Gasteiger partial charge is 0.407 e. The molecule has 21 heavy (non-hydrogen) atoms. The minimum Gasteiger partial charge on any atom is -0.444 e. The maximum Gasteiger partial charge on any atom is 0.407 e. The van der Waals surface area contributed by atoms with E-state index in [4.69, 9.17) is 10.5 Å². The molecule has 0 aromatic carbocycles. The van der Waals surface area contributed by atoms with E-state index in [2.05, 4.69) is 12.2 Å². The van der Waals surface area contributed by atoms with Crippen LogP contribution < -0.4 is 11.1 Å². The Balaban J connectivity index is 2.74. The number of amides is 1. The van der Waals surface area contributed by atoms with Crippen molar-refractivity contribution in [3.05, 3.63) is 11.8 Å². The first-order valence-electron chi connectivity index (χ1n) is 7.31. The lowest BCUT2D eigenvalue weighted by atomic mass is 9.62. The van der Waals surface area contributed by atoms with Gasteiger partial charge in [-0.1, -0.05) is 20.8 Å². The zero-order valence-corrected chi connectivity index (χ0v) is 14.0. The van der Waals surface area contributed by atoms with E-state index in [0.29, 0.717) is 25.0 Å². The van der Waals surface area contributed by atoms with Crippen LogP contribution >= 0.6 is 0 Å². The highest BCUT2D eigenvalue weighted by Gasteiger charge is 2.44. The number of rotatable bonds is 2. The monoisotopic (exact) mass is 296 g/mol. The molecule has 1 saturated carbocycles. The second kappa shape index (κ2) is 5.70. The van der Waals surface area contributed by atoms with Gasteiger partial charge in [-0.2, -0.15) is 0 Å². The lowest BCUT2D eigenvalue weighted by molar-refractivity contribution is -0.127. The Labute approximate surface area is 127 Å². The van der Waals surface area contributed by atoms with Gasteiger partial charge in [-0.05, 0) is 39.0 Å². The van der Waals surface area contributed by atoms with Crippen molar-refractivity contribution < 1.29 is 14.3 Å². The summed E-state index contributed by atoms with van der Waals surface area (Å²) in [5, 5.41) is 2.81. The summed E-state index contributed by atoms with van der Waals surface area (Å²) in [4.78, 5) is 24.0. The average molecular weight is 296 g/mol. The van der Waals surface area contributed by atoms with Gasteiger partial charge in [-0.15, -0.1) is 0 Å². The first-order chi connectivity index (χ1) is 9.38. The molecule has 0 aromatic heterocycles. The zero-order valence-electron chi connectivity index (χ0n) is 14.0. The largest absolute Gasteiger partial charge is 0.444 e. The van der Waals surface area contributed by atoms with E-state index < -0.39 is 17.1 Å². The van der Waals surface area contributed by atoms with E-state index >= 15 is 0 Å². The van der Waals surface area contributed by atoms with Crippen LogP contribution in [0.1, 0.15) is 54.4 Å². The molecule has 1 aliphatic carbocycles. The normalized spacial score (nSPS) is 27.5. The third-order valence-electron chi connectivity index (χ3n) is 3.65. The van der Waals surface area contributed by atoms with Gasteiger partial charge in [0.05, 0.1) is 0 Å². The van der Waals surface area contributed by atoms with Gasteiger partial charge in [0, 0.05) is 23.7 Å². The Morgan fingerprint density at radius 1 is 1.38 bits per heavy atom. The third-order valence-corrected chi connectivity index (χ3v) is 3.65. The Morgan fingerprint density at radius 3 is 2.43 bits per heavy atom. The Hall–Kier alpha value is -1.52. The van der Waals surface area contributed by atoms with Crippen molar-refractivity contribution in [2.24, 2.45) is 16.6 Å². The van der Waals surface area contributed by atoms with Crippen molar-refractivity contribution in [3.8, 4) is 0 Å². The molecular weight excluding hydrogens is 268 g/mol. The van der Waals surface area contributed by atoms with Crippen molar-refractivity contribution in [2.75, 3.05) is 6.54 Å². The molecule has 3 N–H and O–H groups in total. The highest BCUT2D eigenvalue weighted by atomic mass is 16.6. The van der Waals surface area contributed by atoms with E-state index in [1.807, 2.05) is 34.6 Å². The molecule has 1 atom stereocenters. The molecule has 5 nitrogen and oxygen atoms in total. The molecule has 0 bridgehead atoms. The average Bonchev–Trinajstić information content (AvgIpc) is 2.29. The fourth-order valence-electron chi connectivity index (χ4n) is 3.04. The van der Waals surface area contributed by atoms with Crippen molar-refractivity contribution in [1.82, 2.24) is 5.32 Å². The first-order valence-corrected chi connectivity index (χ1v) is 7.31. The van der Waals surface area contributed by atoms with E-state index in [1.165, 1.54) is 6.20 Å². The third kappa shape index (κ3) is 4.76. The number of nitrogens with one attached hydrogen (secondary N) is 1. The molecule has 1 aliphatic rings. The SMILES string of the molecule is CC1(CNC(=O)OC(C)(C)C)CC(=CN)C(=O)C(C)(C)C1. The van der Waals surface area contributed by atoms with Crippen LogP contribution in [0.4, 0.5) is 4.79 Å². The molecule has 0 saturated heterocycles. The zero-order chi connectivity index (χ0) is 16.5. The number of carbonyl (C=O) groups is 2. The molecular formula is C16H28N2O3. The van der Waals surface area contributed by atoms with Crippen LogP contribution in [-0.2, 0) is 9.53 Å². The molecule has 0 radical (unpaired) electrons. The van der Waals surface area contributed by atoms with E-state index in [9.17, 15) is 9.59 Å². The topological polar surface area (TPSA) is 81.4 Å². The number of hydrogen-bond acceptors (Lipinski definition) is 4. The second-order valence-corrected chi connectivity index (χ2v) is 7.92. The summed E-state index contributed by atoms with van der Waals surface area (Å²) < 4.78 is 5.24. The standard InChI is InChI=1S/C16H28N2O3/c1-14(2,3)21-13(20)18-10-16(6)7-11(8-17)12(19)15(4,5)9-16/h8H,7,9-10,17H2,1-6H3,(H,18,20). The van der Waals surface area contributed by atoms with Crippen LogP contribution in [0.25, 0.3) is 0 Å². The summed E-state index contributed by atoms with van der Waals surface area (Å²) in [6.45, 7) is 11.8. The number of allylic oxidation sites excluding steroid dienone is 1. The van der Waals surface area contributed by atoms with Crippen molar-refractivity contribution in [1.29, 1.82) is 0 Å². The summed E-state index contributed by atoms with van der Waals surface area (Å²) in [5.74, 6) is 0.0970.